The summed E-state index contributed by atoms with van der Waals surface area (Å²) in [7, 11) is 4.84. The fourth-order valence-electron chi connectivity index (χ4n) is 4.76. The van der Waals surface area contributed by atoms with Gasteiger partial charge < -0.3 is 30.2 Å². The van der Waals surface area contributed by atoms with Crippen molar-refractivity contribution in [2.75, 3.05) is 34.4 Å². The minimum absolute atomic E-state index is 0.258. The van der Waals surface area contributed by atoms with Crippen molar-refractivity contribution in [2.24, 2.45) is 0 Å². The highest BCUT2D eigenvalue weighted by Crippen LogP contribution is 2.18. The molecule has 254 valence electrons. The van der Waals surface area contributed by atoms with Gasteiger partial charge in [0.15, 0.2) is 6.04 Å². The van der Waals surface area contributed by atoms with E-state index in [1.165, 1.54) is 5.56 Å². The van der Waals surface area contributed by atoms with Crippen LogP contribution in [0.15, 0.2) is 103 Å². The molecule has 1 atom stereocenters. The van der Waals surface area contributed by atoms with Gasteiger partial charge in [0.25, 0.3) is 11.8 Å². The molecule has 0 fully saturated rings. The van der Waals surface area contributed by atoms with E-state index in [-0.39, 0.29) is 13.1 Å². The molecule has 0 aliphatic heterocycles. The Morgan fingerprint density at radius 3 is 1.58 bits per heavy atom. The number of ether oxygens (including phenoxy) is 3. The third-order valence-electron chi connectivity index (χ3n) is 7.41. The fraction of sp³-hybridized carbons (Fsp3) is 0.289. The number of thiol groups is 1. The van der Waals surface area contributed by atoms with E-state index in [0.717, 1.165) is 22.4 Å². The van der Waals surface area contributed by atoms with Gasteiger partial charge in [-0.1, -0.05) is 84.4 Å². The Hall–Kier alpha value is -4.96. The van der Waals surface area contributed by atoms with Crippen molar-refractivity contribution in [1.82, 2.24) is 16.0 Å². The van der Waals surface area contributed by atoms with Gasteiger partial charge in [-0.3, -0.25) is 14.4 Å². The van der Waals surface area contributed by atoms with Gasteiger partial charge in [0.1, 0.15) is 17.2 Å². The Bertz CT molecular complexity index is 1520. The van der Waals surface area contributed by atoms with Crippen LogP contribution >= 0.6 is 12.6 Å². The number of carbonyl (C=O) groups is 3. The molecule has 0 bridgehead atoms. The fourth-order valence-corrected chi connectivity index (χ4v) is 5.04. The molecule has 0 aliphatic rings. The minimum atomic E-state index is -1.42. The molecular weight excluding hydrogens is 627 g/mol. The Labute approximate surface area is 288 Å². The first-order chi connectivity index (χ1) is 23.2. The van der Waals surface area contributed by atoms with Gasteiger partial charge in [-0.2, -0.15) is 12.6 Å². The van der Waals surface area contributed by atoms with Crippen molar-refractivity contribution in [3.05, 3.63) is 125 Å². The summed E-state index contributed by atoms with van der Waals surface area (Å²) >= 11 is 4.43. The van der Waals surface area contributed by atoms with Gasteiger partial charge in [-0.15, -0.1) is 0 Å². The van der Waals surface area contributed by atoms with E-state index in [4.69, 9.17) is 14.2 Å². The molecule has 0 spiro atoms. The van der Waals surface area contributed by atoms with E-state index < -0.39 is 29.0 Å². The van der Waals surface area contributed by atoms with Gasteiger partial charge in [-0.05, 0) is 67.1 Å². The van der Waals surface area contributed by atoms with Crippen molar-refractivity contribution in [2.45, 2.75) is 37.5 Å². The Morgan fingerprint density at radius 2 is 1.10 bits per heavy atom. The molecule has 1 unspecified atom stereocenters. The standard InChI is InChI=1S/C30H35N3O5S.C8H10O/c1-37-24-14-8-6-12-22(24)16-18-31-29(35)27(33-28(34)26(39)20-21-10-4-3-5-11-21)30(36)32-19-17-23-13-7-9-15-25(23)38-2;1-7-3-5-8(9-2)6-4-7/h3-15,26-27,39H,16-20H2,1-2H3,(H,31,35)(H,32,36)(H,33,34);3-6H,1-2H3. The molecule has 10 heteroatoms. The zero-order valence-corrected chi connectivity index (χ0v) is 28.8. The van der Waals surface area contributed by atoms with E-state index in [9.17, 15) is 14.4 Å². The average Bonchev–Trinajstić information content (AvgIpc) is 3.11. The lowest BCUT2D eigenvalue weighted by Crippen LogP contribution is -2.57. The third kappa shape index (κ3) is 12.3. The normalized spacial score (nSPS) is 11.0. The van der Waals surface area contributed by atoms with Crippen molar-refractivity contribution >= 4 is 30.4 Å². The quantitative estimate of drug-likeness (QED) is 0.107. The van der Waals surface area contributed by atoms with Gasteiger partial charge in [-0.25, -0.2) is 0 Å². The summed E-state index contributed by atoms with van der Waals surface area (Å²) < 4.78 is 15.7. The number of carbonyl (C=O) groups excluding carboxylic acids is 3. The first-order valence-corrected chi connectivity index (χ1v) is 16.2. The number of para-hydroxylation sites is 2. The number of aryl methyl sites for hydroxylation is 1. The van der Waals surface area contributed by atoms with Crippen LogP contribution in [-0.4, -0.2) is 63.4 Å². The number of hydrogen-bond donors (Lipinski definition) is 4. The van der Waals surface area contributed by atoms with Crippen LogP contribution in [0.3, 0.4) is 0 Å². The topological polar surface area (TPSA) is 115 Å². The van der Waals surface area contributed by atoms with Crippen molar-refractivity contribution < 1.29 is 28.6 Å². The zero-order chi connectivity index (χ0) is 34.7. The lowest BCUT2D eigenvalue weighted by Gasteiger charge is -2.20. The lowest BCUT2D eigenvalue weighted by atomic mass is 10.1. The summed E-state index contributed by atoms with van der Waals surface area (Å²) in [6, 6.07) is 31.0. The molecule has 3 N–H and O–H groups in total. The minimum Gasteiger partial charge on any atom is -0.497 e. The van der Waals surface area contributed by atoms with Crippen molar-refractivity contribution in [3.63, 3.8) is 0 Å². The summed E-state index contributed by atoms with van der Waals surface area (Å²) in [5.41, 5.74) is 4.02. The van der Waals surface area contributed by atoms with E-state index in [0.29, 0.717) is 30.8 Å². The Morgan fingerprint density at radius 1 is 0.625 bits per heavy atom. The van der Waals surface area contributed by atoms with Crippen LogP contribution in [0.25, 0.3) is 0 Å². The monoisotopic (exact) mass is 671 g/mol. The highest BCUT2D eigenvalue weighted by atomic mass is 32.1. The Kier molecular flexibility index (Phi) is 15.9. The van der Waals surface area contributed by atoms with Crippen LogP contribution in [0.1, 0.15) is 22.3 Å². The summed E-state index contributed by atoms with van der Waals surface area (Å²) in [5, 5.41) is 7.39. The number of rotatable bonds is 15. The van der Waals surface area contributed by atoms with Crippen molar-refractivity contribution in [3.8, 4) is 17.2 Å². The lowest BCUT2D eigenvalue weighted by molar-refractivity contribution is -0.136. The second kappa shape index (κ2) is 20.3. The molecule has 3 amide bonds. The van der Waals surface area contributed by atoms with Crippen LogP contribution in [0.5, 0.6) is 17.2 Å². The molecule has 0 saturated heterocycles. The molecule has 4 aromatic rings. The molecular formula is C38H45N3O6S. The maximum absolute atomic E-state index is 13.1. The molecule has 4 rings (SSSR count). The number of benzene rings is 4. The molecule has 0 heterocycles. The second-order valence-corrected chi connectivity index (χ2v) is 11.5. The number of nitrogens with one attached hydrogen (secondary N) is 3. The molecule has 4 aromatic carbocycles. The van der Waals surface area contributed by atoms with E-state index in [1.54, 1.807) is 21.3 Å². The van der Waals surface area contributed by atoms with Crippen LogP contribution in [0, 0.1) is 6.92 Å². The van der Waals surface area contributed by atoms with Gasteiger partial charge >= 0.3 is 0 Å². The van der Waals surface area contributed by atoms with E-state index in [1.807, 2.05) is 103 Å². The molecule has 9 nitrogen and oxygen atoms in total. The first-order valence-electron chi connectivity index (χ1n) is 15.7. The van der Waals surface area contributed by atoms with Gasteiger partial charge in [0.05, 0.1) is 26.6 Å². The predicted octanol–water partition coefficient (Wildman–Crippen LogP) is 4.75. The maximum atomic E-state index is 13.1. The summed E-state index contributed by atoms with van der Waals surface area (Å²) in [4.78, 5) is 39.2. The number of methoxy groups -OCH3 is 3. The van der Waals surface area contributed by atoms with Crippen LogP contribution in [-0.2, 0) is 33.6 Å². The van der Waals surface area contributed by atoms with Gasteiger partial charge in [0, 0.05) is 13.1 Å². The summed E-state index contributed by atoms with van der Waals surface area (Å²) in [6.07, 6.45) is 1.34. The SMILES string of the molecule is COc1ccc(C)cc1.COc1ccccc1CCNC(=O)C(NC(=O)C(S)Cc1ccccc1)C(=O)NCCc1ccccc1OC. The summed E-state index contributed by atoms with van der Waals surface area (Å²) in [6.45, 7) is 2.57. The third-order valence-corrected chi connectivity index (χ3v) is 7.83. The zero-order valence-electron chi connectivity index (χ0n) is 27.9. The largest absolute Gasteiger partial charge is 0.497 e. The van der Waals surface area contributed by atoms with Crippen molar-refractivity contribution in [1.29, 1.82) is 0 Å². The number of amides is 3. The molecule has 0 aromatic heterocycles. The summed E-state index contributed by atoms with van der Waals surface area (Å²) in [5.74, 6) is 0.628. The van der Waals surface area contributed by atoms with E-state index >= 15 is 0 Å². The highest BCUT2D eigenvalue weighted by Gasteiger charge is 2.30. The molecule has 0 aliphatic carbocycles. The smallest absolute Gasteiger partial charge is 0.252 e. The van der Waals surface area contributed by atoms with E-state index in [2.05, 4.69) is 35.5 Å². The molecule has 0 radical (unpaired) electrons. The van der Waals surface area contributed by atoms with Crippen LogP contribution < -0.4 is 30.2 Å². The number of hydrogen-bond acceptors (Lipinski definition) is 7. The Balaban J connectivity index is 0.000000598. The first kappa shape index (κ1) is 37.5. The highest BCUT2D eigenvalue weighted by molar-refractivity contribution is 7.81. The van der Waals surface area contributed by atoms with Gasteiger partial charge in [0.2, 0.25) is 5.91 Å². The predicted molar refractivity (Wildman–Crippen MR) is 192 cm³/mol. The molecule has 48 heavy (non-hydrogen) atoms. The maximum Gasteiger partial charge on any atom is 0.252 e. The average molecular weight is 672 g/mol. The van der Waals surface area contributed by atoms with Crippen LogP contribution in [0.4, 0.5) is 0 Å². The molecule has 0 saturated carbocycles. The second-order valence-electron chi connectivity index (χ2n) is 10.9. The van der Waals surface area contributed by atoms with Crippen LogP contribution in [0.2, 0.25) is 0 Å².